The third-order valence-electron chi connectivity index (χ3n) is 5.32. The number of thiazole rings is 1. The summed E-state index contributed by atoms with van der Waals surface area (Å²) in [5.74, 6) is -0.0435. The molecule has 7 heteroatoms. The van der Waals surface area contributed by atoms with E-state index in [1.54, 1.807) is 35.6 Å². The molecular formula is C20H22ClN3O2S. The maximum Gasteiger partial charge on any atom is 0.253 e. The van der Waals surface area contributed by atoms with E-state index in [4.69, 9.17) is 11.6 Å². The highest BCUT2D eigenvalue weighted by Crippen LogP contribution is 2.30. The van der Waals surface area contributed by atoms with Crippen LogP contribution in [0, 0.1) is 5.92 Å². The molecule has 142 valence electrons. The molecule has 5 nitrogen and oxygen atoms in total. The molecule has 1 saturated heterocycles. The number of hydrogen-bond donors (Lipinski definition) is 1. The number of benzene rings is 1. The Kier molecular flexibility index (Phi) is 5.45. The molecule has 1 aromatic heterocycles. The quantitative estimate of drug-likeness (QED) is 0.836. The molecule has 2 aromatic rings. The summed E-state index contributed by atoms with van der Waals surface area (Å²) in [6, 6.07) is 6.94. The van der Waals surface area contributed by atoms with Gasteiger partial charge in [-0.2, -0.15) is 0 Å². The minimum Gasteiger partial charge on any atom is -0.339 e. The van der Waals surface area contributed by atoms with Crippen LogP contribution in [0.4, 0.5) is 5.13 Å². The van der Waals surface area contributed by atoms with Crippen molar-refractivity contribution in [3.05, 3.63) is 45.4 Å². The Morgan fingerprint density at radius 2 is 1.81 bits per heavy atom. The SMILES string of the molecule is O=C(Nc1nc2c(s1)CCCC2)C1CCN(C(=O)c2ccc(Cl)cc2)CC1. The van der Waals surface area contributed by atoms with Crippen LogP contribution in [0.25, 0.3) is 0 Å². The van der Waals surface area contributed by atoms with Crippen LogP contribution >= 0.6 is 22.9 Å². The number of nitrogens with zero attached hydrogens (tertiary/aromatic N) is 2. The predicted octanol–water partition coefficient (Wildman–Crippen LogP) is 4.17. The van der Waals surface area contributed by atoms with E-state index < -0.39 is 0 Å². The van der Waals surface area contributed by atoms with E-state index in [1.807, 2.05) is 4.90 Å². The van der Waals surface area contributed by atoms with E-state index in [2.05, 4.69) is 10.3 Å². The molecule has 0 atom stereocenters. The number of carbonyl (C=O) groups is 2. The summed E-state index contributed by atoms with van der Waals surface area (Å²) in [6.07, 6.45) is 5.85. The van der Waals surface area contributed by atoms with E-state index in [1.165, 1.54) is 17.7 Å². The Labute approximate surface area is 167 Å². The first-order valence-corrected chi connectivity index (χ1v) is 10.6. The lowest BCUT2D eigenvalue weighted by Gasteiger charge is -2.31. The second-order valence-electron chi connectivity index (χ2n) is 7.16. The summed E-state index contributed by atoms with van der Waals surface area (Å²) < 4.78 is 0. The number of amides is 2. The van der Waals surface area contributed by atoms with Gasteiger partial charge in [0.15, 0.2) is 5.13 Å². The first-order valence-electron chi connectivity index (χ1n) is 9.44. The summed E-state index contributed by atoms with van der Waals surface area (Å²) in [7, 11) is 0. The molecule has 1 aliphatic heterocycles. The normalized spacial score (nSPS) is 17.4. The number of aromatic nitrogens is 1. The molecule has 4 rings (SSSR count). The first-order chi connectivity index (χ1) is 13.1. The second-order valence-corrected chi connectivity index (χ2v) is 8.68. The number of rotatable bonds is 3. The largest absolute Gasteiger partial charge is 0.339 e. The van der Waals surface area contributed by atoms with E-state index in [-0.39, 0.29) is 17.7 Å². The maximum atomic E-state index is 12.6. The van der Waals surface area contributed by atoms with Crippen LogP contribution in [-0.4, -0.2) is 34.8 Å². The van der Waals surface area contributed by atoms with Crippen molar-refractivity contribution in [1.82, 2.24) is 9.88 Å². The number of likely N-dealkylation sites (tertiary alicyclic amines) is 1. The van der Waals surface area contributed by atoms with Gasteiger partial charge >= 0.3 is 0 Å². The lowest BCUT2D eigenvalue weighted by Crippen LogP contribution is -2.41. The topological polar surface area (TPSA) is 62.3 Å². The molecular weight excluding hydrogens is 382 g/mol. The predicted molar refractivity (Wildman–Crippen MR) is 107 cm³/mol. The standard InChI is InChI=1S/C20H22ClN3O2S/c21-15-7-5-14(6-8-15)19(26)24-11-9-13(10-12-24)18(25)23-20-22-16-3-1-2-4-17(16)27-20/h5-8,13H,1-4,9-12H2,(H,22,23,25). The Hall–Kier alpha value is -1.92. The number of hydrogen-bond acceptors (Lipinski definition) is 4. The molecule has 27 heavy (non-hydrogen) atoms. The van der Waals surface area contributed by atoms with Gasteiger partial charge in [0.1, 0.15) is 0 Å². The van der Waals surface area contributed by atoms with Gasteiger partial charge in [-0.25, -0.2) is 4.98 Å². The summed E-state index contributed by atoms with van der Waals surface area (Å²) in [6.45, 7) is 1.18. The summed E-state index contributed by atoms with van der Waals surface area (Å²) >= 11 is 7.50. The number of fused-ring (bicyclic) bond motifs is 1. The molecule has 2 heterocycles. The highest BCUT2D eigenvalue weighted by Gasteiger charge is 2.28. The third kappa shape index (κ3) is 4.17. The number of piperidine rings is 1. The molecule has 0 unspecified atom stereocenters. The van der Waals surface area contributed by atoms with Gasteiger partial charge in [-0.1, -0.05) is 11.6 Å². The number of carbonyl (C=O) groups excluding carboxylic acids is 2. The van der Waals surface area contributed by atoms with E-state index in [9.17, 15) is 9.59 Å². The van der Waals surface area contributed by atoms with Crippen LogP contribution in [0.1, 0.15) is 46.6 Å². The molecule has 2 amide bonds. The minimum absolute atomic E-state index is 0.00174. The molecule has 2 aliphatic rings. The molecule has 0 radical (unpaired) electrons. The number of nitrogens with one attached hydrogen (secondary N) is 1. The molecule has 1 aromatic carbocycles. The summed E-state index contributed by atoms with van der Waals surface area (Å²) in [4.78, 5) is 32.9. The number of aryl methyl sites for hydroxylation is 2. The number of anilines is 1. The van der Waals surface area contributed by atoms with Crippen LogP contribution in [-0.2, 0) is 17.6 Å². The monoisotopic (exact) mass is 403 g/mol. The van der Waals surface area contributed by atoms with Crippen LogP contribution in [0.2, 0.25) is 5.02 Å². The zero-order chi connectivity index (χ0) is 18.8. The van der Waals surface area contributed by atoms with Crippen LogP contribution in [0.5, 0.6) is 0 Å². The van der Waals surface area contributed by atoms with Crippen molar-refractivity contribution >= 4 is 39.9 Å². The lowest BCUT2D eigenvalue weighted by molar-refractivity contribution is -0.121. The zero-order valence-electron chi connectivity index (χ0n) is 15.0. The van der Waals surface area contributed by atoms with Gasteiger partial charge in [0.2, 0.25) is 5.91 Å². The summed E-state index contributed by atoms with van der Waals surface area (Å²) in [5, 5.41) is 4.35. The van der Waals surface area contributed by atoms with Gasteiger partial charge in [-0.15, -0.1) is 11.3 Å². The molecule has 1 N–H and O–H groups in total. The van der Waals surface area contributed by atoms with Crippen molar-refractivity contribution < 1.29 is 9.59 Å². The Morgan fingerprint density at radius 1 is 1.11 bits per heavy atom. The van der Waals surface area contributed by atoms with Crippen molar-refractivity contribution in [2.75, 3.05) is 18.4 Å². The molecule has 0 bridgehead atoms. The van der Waals surface area contributed by atoms with Crippen LogP contribution < -0.4 is 5.32 Å². The van der Waals surface area contributed by atoms with Crippen LogP contribution in [0.3, 0.4) is 0 Å². The lowest BCUT2D eigenvalue weighted by atomic mass is 9.95. The zero-order valence-corrected chi connectivity index (χ0v) is 16.6. The highest BCUT2D eigenvalue weighted by molar-refractivity contribution is 7.15. The van der Waals surface area contributed by atoms with E-state index in [0.717, 1.165) is 23.7 Å². The van der Waals surface area contributed by atoms with Crippen molar-refractivity contribution in [3.63, 3.8) is 0 Å². The smallest absolute Gasteiger partial charge is 0.253 e. The fraction of sp³-hybridized carbons (Fsp3) is 0.450. The fourth-order valence-electron chi connectivity index (χ4n) is 3.73. The maximum absolute atomic E-state index is 12.6. The van der Waals surface area contributed by atoms with Gasteiger partial charge in [0, 0.05) is 34.5 Å². The van der Waals surface area contributed by atoms with Crippen molar-refractivity contribution in [2.24, 2.45) is 5.92 Å². The third-order valence-corrected chi connectivity index (χ3v) is 6.64. The molecule has 1 fully saturated rings. The van der Waals surface area contributed by atoms with E-state index >= 15 is 0 Å². The minimum atomic E-state index is -0.0693. The van der Waals surface area contributed by atoms with Gasteiger partial charge in [-0.3, -0.25) is 9.59 Å². The van der Waals surface area contributed by atoms with Crippen molar-refractivity contribution in [2.45, 2.75) is 38.5 Å². The highest BCUT2D eigenvalue weighted by atomic mass is 35.5. The average molecular weight is 404 g/mol. The van der Waals surface area contributed by atoms with Gasteiger partial charge < -0.3 is 10.2 Å². The molecule has 0 saturated carbocycles. The Morgan fingerprint density at radius 3 is 2.52 bits per heavy atom. The Balaban J connectivity index is 1.32. The van der Waals surface area contributed by atoms with Crippen molar-refractivity contribution in [1.29, 1.82) is 0 Å². The molecule has 1 aliphatic carbocycles. The summed E-state index contributed by atoms with van der Waals surface area (Å²) in [5.41, 5.74) is 1.79. The van der Waals surface area contributed by atoms with Crippen molar-refractivity contribution in [3.8, 4) is 0 Å². The van der Waals surface area contributed by atoms with E-state index in [0.29, 0.717) is 36.5 Å². The molecule has 0 spiro atoms. The average Bonchev–Trinajstić information content (AvgIpc) is 3.10. The second kappa shape index (κ2) is 7.98. The number of halogens is 1. The first kappa shape index (κ1) is 18.4. The fourth-order valence-corrected chi connectivity index (χ4v) is 4.91. The van der Waals surface area contributed by atoms with Gasteiger partial charge in [0.05, 0.1) is 5.69 Å². The van der Waals surface area contributed by atoms with Gasteiger partial charge in [-0.05, 0) is 62.8 Å². The van der Waals surface area contributed by atoms with Crippen LogP contribution in [0.15, 0.2) is 24.3 Å². The van der Waals surface area contributed by atoms with Gasteiger partial charge in [0.25, 0.3) is 5.91 Å². The Bertz CT molecular complexity index is 818.